The molecule has 0 radical (unpaired) electrons. The molecule has 110 valence electrons. The average molecular weight is 336 g/mol. The highest BCUT2D eigenvalue weighted by molar-refractivity contribution is 7.89. The van der Waals surface area contributed by atoms with E-state index in [4.69, 9.17) is 16.9 Å². The standard InChI is InChI=1S/C12H14ClN3O2S.ClH/c13-11-6-9(7-14)3-4-12(11)19(17,18)16-10-2-1-5-15-8-10;/h3-4,6,10,15-16H,1-2,5,8H2;1H/t10-;/m0./s1. The van der Waals surface area contributed by atoms with E-state index >= 15 is 0 Å². The van der Waals surface area contributed by atoms with Crippen molar-refractivity contribution in [3.63, 3.8) is 0 Å². The molecule has 5 nitrogen and oxygen atoms in total. The number of nitrogens with one attached hydrogen (secondary N) is 2. The minimum absolute atomic E-state index is 0. The summed E-state index contributed by atoms with van der Waals surface area (Å²) in [5.41, 5.74) is 0.336. The van der Waals surface area contributed by atoms with Crippen LogP contribution in [-0.4, -0.2) is 27.5 Å². The Morgan fingerprint density at radius 2 is 2.20 bits per heavy atom. The zero-order valence-electron chi connectivity index (χ0n) is 10.6. The Hall–Kier alpha value is -0.840. The topological polar surface area (TPSA) is 82.0 Å². The van der Waals surface area contributed by atoms with E-state index in [0.717, 1.165) is 19.4 Å². The second-order valence-electron chi connectivity index (χ2n) is 4.42. The van der Waals surface area contributed by atoms with E-state index in [1.54, 1.807) is 0 Å². The number of halogens is 2. The zero-order valence-corrected chi connectivity index (χ0v) is 13.0. The summed E-state index contributed by atoms with van der Waals surface area (Å²) in [6.07, 6.45) is 1.74. The van der Waals surface area contributed by atoms with Gasteiger partial charge in [0.25, 0.3) is 0 Å². The van der Waals surface area contributed by atoms with Crippen LogP contribution in [0.1, 0.15) is 18.4 Å². The summed E-state index contributed by atoms with van der Waals surface area (Å²) in [6, 6.07) is 5.96. The van der Waals surface area contributed by atoms with Gasteiger partial charge in [-0.1, -0.05) is 11.6 Å². The van der Waals surface area contributed by atoms with Crippen LogP contribution in [0.3, 0.4) is 0 Å². The van der Waals surface area contributed by atoms with Crippen LogP contribution < -0.4 is 10.0 Å². The van der Waals surface area contributed by atoms with Gasteiger partial charge in [0.15, 0.2) is 0 Å². The van der Waals surface area contributed by atoms with Crippen molar-refractivity contribution >= 4 is 34.0 Å². The summed E-state index contributed by atoms with van der Waals surface area (Å²) in [7, 11) is -3.65. The molecule has 1 aliphatic heterocycles. The van der Waals surface area contributed by atoms with Gasteiger partial charge in [-0.25, -0.2) is 13.1 Å². The SMILES string of the molecule is Cl.N#Cc1ccc(S(=O)(=O)N[C@H]2CCCNC2)c(Cl)c1. The molecule has 8 heteroatoms. The van der Waals surface area contributed by atoms with E-state index in [-0.39, 0.29) is 28.4 Å². The van der Waals surface area contributed by atoms with E-state index in [1.807, 2.05) is 6.07 Å². The molecule has 0 saturated carbocycles. The van der Waals surface area contributed by atoms with Crippen molar-refractivity contribution in [3.05, 3.63) is 28.8 Å². The number of sulfonamides is 1. The molecule has 1 saturated heterocycles. The van der Waals surface area contributed by atoms with E-state index in [0.29, 0.717) is 12.1 Å². The number of nitrogens with zero attached hydrogens (tertiary/aromatic N) is 1. The van der Waals surface area contributed by atoms with E-state index in [1.165, 1.54) is 18.2 Å². The Balaban J connectivity index is 0.00000200. The second-order valence-corrected chi connectivity index (χ2v) is 6.51. The van der Waals surface area contributed by atoms with Crippen LogP contribution in [0, 0.1) is 11.3 Å². The van der Waals surface area contributed by atoms with Crippen LogP contribution in [0.5, 0.6) is 0 Å². The van der Waals surface area contributed by atoms with Gasteiger partial charge in [-0.05, 0) is 37.6 Å². The molecule has 1 fully saturated rings. The third kappa shape index (κ3) is 4.08. The van der Waals surface area contributed by atoms with Crippen LogP contribution in [0.2, 0.25) is 5.02 Å². The van der Waals surface area contributed by atoms with Crippen molar-refractivity contribution in [2.45, 2.75) is 23.8 Å². The second kappa shape index (κ2) is 7.25. The molecule has 0 aromatic heterocycles. The largest absolute Gasteiger partial charge is 0.315 e. The van der Waals surface area contributed by atoms with Crippen molar-refractivity contribution in [1.29, 1.82) is 5.26 Å². The Morgan fingerprint density at radius 3 is 2.75 bits per heavy atom. The predicted octanol–water partition coefficient (Wildman–Crippen LogP) is 1.66. The molecular formula is C12H15Cl2N3O2S. The number of nitriles is 1. The van der Waals surface area contributed by atoms with Crippen molar-refractivity contribution in [2.75, 3.05) is 13.1 Å². The number of hydrogen-bond donors (Lipinski definition) is 2. The van der Waals surface area contributed by atoms with Gasteiger partial charge >= 0.3 is 0 Å². The number of piperidine rings is 1. The Kier molecular flexibility index (Phi) is 6.24. The highest BCUT2D eigenvalue weighted by Gasteiger charge is 2.23. The van der Waals surface area contributed by atoms with Gasteiger partial charge in [0.2, 0.25) is 10.0 Å². The van der Waals surface area contributed by atoms with Gasteiger partial charge in [0, 0.05) is 12.6 Å². The van der Waals surface area contributed by atoms with Gasteiger partial charge in [-0.15, -0.1) is 12.4 Å². The molecule has 1 aromatic rings. The molecule has 2 rings (SSSR count). The van der Waals surface area contributed by atoms with Crippen LogP contribution in [0.15, 0.2) is 23.1 Å². The summed E-state index contributed by atoms with van der Waals surface area (Å²) < 4.78 is 27.1. The Labute approximate surface area is 129 Å². The van der Waals surface area contributed by atoms with E-state index in [2.05, 4.69) is 10.0 Å². The van der Waals surface area contributed by atoms with Crippen LogP contribution >= 0.6 is 24.0 Å². The van der Waals surface area contributed by atoms with E-state index in [9.17, 15) is 8.42 Å². The molecule has 1 atom stereocenters. The number of benzene rings is 1. The summed E-state index contributed by atoms with van der Waals surface area (Å²) in [5.74, 6) is 0. The smallest absolute Gasteiger partial charge is 0.242 e. The first-order valence-electron chi connectivity index (χ1n) is 5.95. The molecule has 1 heterocycles. The molecule has 20 heavy (non-hydrogen) atoms. The lowest BCUT2D eigenvalue weighted by Gasteiger charge is -2.23. The lowest BCUT2D eigenvalue weighted by molar-refractivity contribution is 0.428. The summed E-state index contributed by atoms with van der Waals surface area (Å²) in [4.78, 5) is 0.0127. The Morgan fingerprint density at radius 1 is 1.45 bits per heavy atom. The molecule has 0 bridgehead atoms. The molecule has 0 aliphatic carbocycles. The van der Waals surface area contributed by atoms with Gasteiger partial charge < -0.3 is 5.32 Å². The first kappa shape index (κ1) is 17.2. The molecular weight excluding hydrogens is 321 g/mol. The molecule has 1 aliphatic rings. The van der Waals surface area contributed by atoms with Crippen molar-refractivity contribution in [1.82, 2.24) is 10.0 Å². The van der Waals surface area contributed by atoms with Gasteiger partial charge in [0.1, 0.15) is 4.90 Å². The quantitative estimate of drug-likeness (QED) is 0.880. The summed E-state index contributed by atoms with van der Waals surface area (Å²) >= 11 is 5.92. The van der Waals surface area contributed by atoms with Crippen molar-refractivity contribution < 1.29 is 8.42 Å². The van der Waals surface area contributed by atoms with Crippen LogP contribution in [-0.2, 0) is 10.0 Å². The van der Waals surface area contributed by atoms with Crippen LogP contribution in [0.4, 0.5) is 0 Å². The lowest BCUT2D eigenvalue weighted by atomic mass is 10.1. The van der Waals surface area contributed by atoms with Crippen molar-refractivity contribution in [3.8, 4) is 6.07 Å². The highest BCUT2D eigenvalue weighted by Crippen LogP contribution is 2.23. The highest BCUT2D eigenvalue weighted by atomic mass is 35.5. The summed E-state index contributed by atoms with van der Waals surface area (Å²) in [6.45, 7) is 1.53. The fraction of sp³-hybridized carbons (Fsp3) is 0.417. The monoisotopic (exact) mass is 335 g/mol. The Bertz CT molecular complexity index is 608. The lowest BCUT2D eigenvalue weighted by Crippen LogP contribution is -2.45. The minimum atomic E-state index is -3.65. The third-order valence-electron chi connectivity index (χ3n) is 2.97. The predicted molar refractivity (Wildman–Crippen MR) is 79.6 cm³/mol. The van der Waals surface area contributed by atoms with E-state index < -0.39 is 10.0 Å². The molecule has 0 unspecified atom stereocenters. The first-order chi connectivity index (χ1) is 9.03. The fourth-order valence-electron chi connectivity index (χ4n) is 2.02. The fourth-order valence-corrected chi connectivity index (χ4v) is 3.84. The number of hydrogen-bond acceptors (Lipinski definition) is 4. The molecule has 1 aromatic carbocycles. The molecule has 0 amide bonds. The van der Waals surface area contributed by atoms with Crippen LogP contribution in [0.25, 0.3) is 0 Å². The third-order valence-corrected chi connectivity index (χ3v) is 4.97. The maximum absolute atomic E-state index is 12.2. The number of rotatable bonds is 3. The zero-order chi connectivity index (χ0) is 13.9. The first-order valence-corrected chi connectivity index (χ1v) is 7.82. The minimum Gasteiger partial charge on any atom is -0.315 e. The maximum Gasteiger partial charge on any atom is 0.242 e. The summed E-state index contributed by atoms with van der Waals surface area (Å²) in [5, 5.41) is 11.9. The van der Waals surface area contributed by atoms with Gasteiger partial charge in [0.05, 0.1) is 16.7 Å². The van der Waals surface area contributed by atoms with Gasteiger partial charge in [-0.2, -0.15) is 5.26 Å². The average Bonchev–Trinajstić information content (AvgIpc) is 2.38. The maximum atomic E-state index is 12.2. The molecule has 0 spiro atoms. The van der Waals surface area contributed by atoms with Gasteiger partial charge in [-0.3, -0.25) is 0 Å². The normalized spacial score (nSPS) is 18.9. The molecule has 2 N–H and O–H groups in total. The van der Waals surface area contributed by atoms with Crippen molar-refractivity contribution in [2.24, 2.45) is 0 Å².